The summed E-state index contributed by atoms with van der Waals surface area (Å²) in [7, 11) is 0. The van der Waals surface area contributed by atoms with Crippen molar-refractivity contribution >= 4 is 11.8 Å². The third-order valence-electron chi connectivity index (χ3n) is 3.27. The Bertz CT molecular complexity index is 701. The number of halogens is 3. The van der Waals surface area contributed by atoms with Crippen LogP contribution in [0.1, 0.15) is 18.1 Å². The number of hydrogen-bond donors (Lipinski definition) is 1. The van der Waals surface area contributed by atoms with Crippen LogP contribution < -0.4 is 15.6 Å². The highest BCUT2D eigenvalue weighted by Gasteiger charge is 2.29. The Kier molecular flexibility index (Phi) is 5.87. The predicted octanol–water partition coefficient (Wildman–Crippen LogP) is 4.12. The lowest BCUT2D eigenvalue weighted by atomic mass is 10.1. The predicted molar refractivity (Wildman–Crippen MR) is 85.9 cm³/mol. The van der Waals surface area contributed by atoms with E-state index in [2.05, 4.69) is 0 Å². The van der Waals surface area contributed by atoms with E-state index >= 15 is 0 Å². The number of alkyl halides is 3. The van der Waals surface area contributed by atoms with Crippen LogP contribution in [0.4, 0.5) is 23.7 Å². The van der Waals surface area contributed by atoms with Crippen molar-refractivity contribution in [3.8, 4) is 5.75 Å². The second-order valence-electron chi connectivity index (χ2n) is 5.05. The van der Waals surface area contributed by atoms with Gasteiger partial charge in [-0.2, -0.15) is 13.2 Å². The zero-order valence-corrected chi connectivity index (χ0v) is 13.4. The quantitative estimate of drug-likeness (QED) is 0.498. The maximum absolute atomic E-state index is 12.5. The van der Waals surface area contributed by atoms with E-state index in [1.165, 1.54) is 12.1 Å². The summed E-state index contributed by atoms with van der Waals surface area (Å²) >= 11 is 0. The molecule has 0 fully saturated rings. The number of hydrogen-bond acceptors (Lipinski definition) is 4. The van der Waals surface area contributed by atoms with E-state index in [0.29, 0.717) is 17.0 Å². The third-order valence-corrected chi connectivity index (χ3v) is 3.27. The summed E-state index contributed by atoms with van der Waals surface area (Å²) in [6, 6.07) is 11.1. The molecule has 0 spiro atoms. The van der Waals surface area contributed by atoms with Crippen LogP contribution in [0.15, 0.2) is 48.5 Å². The van der Waals surface area contributed by atoms with Crippen molar-refractivity contribution in [3.63, 3.8) is 0 Å². The van der Waals surface area contributed by atoms with Crippen molar-refractivity contribution in [2.24, 2.45) is 5.84 Å². The molecule has 2 rings (SSSR count). The Hall–Kier alpha value is -2.74. The minimum absolute atomic E-state index is 0.113. The van der Waals surface area contributed by atoms with Gasteiger partial charge in [0.25, 0.3) is 0 Å². The van der Waals surface area contributed by atoms with Crippen LogP contribution in [0.25, 0.3) is 0 Å². The van der Waals surface area contributed by atoms with Crippen molar-refractivity contribution < 1.29 is 27.4 Å². The van der Waals surface area contributed by atoms with E-state index in [1.807, 2.05) is 0 Å². The van der Waals surface area contributed by atoms with Gasteiger partial charge in [0.15, 0.2) is 0 Å². The number of carbonyl (C=O) groups is 1. The Morgan fingerprint density at radius 2 is 1.68 bits per heavy atom. The molecule has 0 heterocycles. The van der Waals surface area contributed by atoms with Crippen molar-refractivity contribution in [2.45, 2.75) is 19.7 Å². The number of amides is 1. The van der Waals surface area contributed by atoms with Crippen molar-refractivity contribution in [1.29, 1.82) is 0 Å². The molecule has 0 aliphatic carbocycles. The number of anilines is 1. The fourth-order valence-corrected chi connectivity index (χ4v) is 1.96. The highest BCUT2D eigenvalue weighted by Crippen LogP contribution is 2.29. The Balaban J connectivity index is 1.94. The Morgan fingerprint density at radius 3 is 2.20 bits per heavy atom. The van der Waals surface area contributed by atoms with Gasteiger partial charge in [0.05, 0.1) is 17.9 Å². The summed E-state index contributed by atoms with van der Waals surface area (Å²) < 4.78 is 47.8. The fourth-order valence-electron chi connectivity index (χ4n) is 1.96. The monoisotopic (exact) mass is 354 g/mol. The first-order valence-corrected chi connectivity index (χ1v) is 7.42. The van der Waals surface area contributed by atoms with Gasteiger partial charge in [0, 0.05) is 0 Å². The van der Waals surface area contributed by atoms with Gasteiger partial charge in [-0.15, -0.1) is 0 Å². The molecule has 0 atom stereocenters. The normalized spacial score (nSPS) is 11.1. The molecule has 8 heteroatoms. The minimum atomic E-state index is -4.36. The van der Waals surface area contributed by atoms with Crippen molar-refractivity contribution in [1.82, 2.24) is 0 Å². The molecule has 0 saturated heterocycles. The van der Waals surface area contributed by atoms with Crippen molar-refractivity contribution in [3.05, 3.63) is 59.7 Å². The van der Waals surface area contributed by atoms with Gasteiger partial charge in [-0.1, -0.05) is 12.1 Å². The number of benzene rings is 2. The molecule has 134 valence electrons. The number of nitrogens with two attached hydrogens (primary N) is 1. The van der Waals surface area contributed by atoms with Crippen molar-refractivity contribution in [2.75, 3.05) is 11.6 Å². The molecular formula is C17H17F3N2O3. The summed E-state index contributed by atoms with van der Waals surface area (Å²) in [6.07, 6.45) is -5.04. The van der Waals surface area contributed by atoms with E-state index in [1.54, 1.807) is 31.2 Å². The SMILES string of the molecule is CCOC(=O)N(N)c1ccc(OCc2ccc(C(F)(F)F)cc2)cc1. The van der Waals surface area contributed by atoms with Gasteiger partial charge >= 0.3 is 12.3 Å². The molecule has 0 saturated carbocycles. The third kappa shape index (κ3) is 5.12. The lowest BCUT2D eigenvalue weighted by molar-refractivity contribution is -0.137. The number of carbonyl (C=O) groups excluding carboxylic acids is 1. The van der Waals surface area contributed by atoms with Crippen LogP contribution in [0.5, 0.6) is 5.75 Å². The lowest BCUT2D eigenvalue weighted by Crippen LogP contribution is -2.37. The molecule has 0 aliphatic heterocycles. The van der Waals surface area contributed by atoms with E-state index in [0.717, 1.165) is 17.1 Å². The molecule has 0 aromatic heterocycles. The molecule has 1 amide bonds. The standard InChI is InChI=1S/C17H17F3N2O3/c1-2-24-16(23)22(21)14-7-9-15(10-8-14)25-11-12-3-5-13(6-4-12)17(18,19)20/h3-10H,2,11,21H2,1H3. The van der Waals surface area contributed by atoms with Gasteiger partial charge in [-0.3, -0.25) is 0 Å². The number of rotatable bonds is 5. The van der Waals surface area contributed by atoms with E-state index < -0.39 is 17.8 Å². The Labute approximate surface area is 142 Å². The summed E-state index contributed by atoms with van der Waals surface area (Å²) in [5.74, 6) is 6.10. The number of hydrazine groups is 1. The maximum atomic E-state index is 12.5. The van der Waals surface area contributed by atoms with Gasteiger partial charge in [0.1, 0.15) is 12.4 Å². The van der Waals surface area contributed by atoms with Crippen LogP contribution in [0.3, 0.4) is 0 Å². The largest absolute Gasteiger partial charge is 0.489 e. The van der Waals surface area contributed by atoms with Gasteiger partial charge in [-0.05, 0) is 48.9 Å². The van der Waals surface area contributed by atoms with Gasteiger partial charge in [-0.25, -0.2) is 15.6 Å². The van der Waals surface area contributed by atoms with E-state index in [9.17, 15) is 18.0 Å². The molecule has 0 unspecified atom stereocenters. The minimum Gasteiger partial charge on any atom is -0.489 e. The molecule has 25 heavy (non-hydrogen) atoms. The highest BCUT2D eigenvalue weighted by molar-refractivity contribution is 5.86. The van der Waals surface area contributed by atoms with E-state index in [4.69, 9.17) is 15.3 Å². The molecule has 0 radical (unpaired) electrons. The summed E-state index contributed by atoms with van der Waals surface area (Å²) in [5, 5.41) is 0.864. The summed E-state index contributed by atoms with van der Waals surface area (Å²) in [6.45, 7) is 1.99. The Morgan fingerprint density at radius 1 is 1.08 bits per heavy atom. The zero-order valence-electron chi connectivity index (χ0n) is 13.4. The molecular weight excluding hydrogens is 337 g/mol. The van der Waals surface area contributed by atoms with Gasteiger partial charge in [0.2, 0.25) is 0 Å². The molecule has 2 N–H and O–H groups in total. The summed E-state index contributed by atoms with van der Waals surface area (Å²) in [5.41, 5.74) is 0.312. The second kappa shape index (κ2) is 7.89. The summed E-state index contributed by atoms with van der Waals surface area (Å²) in [4.78, 5) is 11.5. The topological polar surface area (TPSA) is 64.8 Å². The maximum Gasteiger partial charge on any atom is 0.428 e. The smallest absolute Gasteiger partial charge is 0.428 e. The average Bonchev–Trinajstić information content (AvgIpc) is 2.59. The first kappa shape index (κ1) is 18.6. The first-order valence-electron chi connectivity index (χ1n) is 7.42. The molecule has 0 bridgehead atoms. The van der Waals surface area contributed by atoms with Crippen LogP contribution in [0.2, 0.25) is 0 Å². The van der Waals surface area contributed by atoms with E-state index in [-0.39, 0.29) is 13.2 Å². The molecule has 0 aliphatic rings. The zero-order chi connectivity index (χ0) is 18.4. The fraction of sp³-hybridized carbons (Fsp3) is 0.235. The highest BCUT2D eigenvalue weighted by atomic mass is 19.4. The average molecular weight is 354 g/mol. The van der Waals surface area contributed by atoms with Gasteiger partial charge < -0.3 is 9.47 Å². The van der Waals surface area contributed by atoms with Crippen LogP contribution in [0, 0.1) is 0 Å². The van der Waals surface area contributed by atoms with Crippen LogP contribution in [-0.2, 0) is 17.5 Å². The second-order valence-corrected chi connectivity index (χ2v) is 5.05. The molecule has 2 aromatic carbocycles. The number of ether oxygens (including phenoxy) is 2. The van der Waals surface area contributed by atoms with Crippen LogP contribution >= 0.6 is 0 Å². The number of nitrogens with zero attached hydrogens (tertiary/aromatic N) is 1. The first-order chi connectivity index (χ1) is 11.8. The lowest BCUT2D eigenvalue weighted by Gasteiger charge is -2.16. The molecule has 5 nitrogen and oxygen atoms in total. The molecule has 2 aromatic rings. The van der Waals surface area contributed by atoms with Crippen LogP contribution in [-0.4, -0.2) is 12.7 Å².